The summed E-state index contributed by atoms with van der Waals surface area (Å²) in [5, 5.41) is 1.53. The van der Waals surface area contributed by atoms with Crippen LogP contribution in [-0.4, -0.2) is 0 Å². The van der Waals surface area contributed by atoms with Gasteiger partial charge in [0, 0.05) is 9.58 Å². The van der Waals surface area contributed by atoms with Crippen LogP contribution in [0.1, 0.15) is 151 Å². The zero-order valence-electron chi connectivity index (χ0n) is 28.1. The topological polar surface area (TPSA) is 0 Å². The number of rotatable bonds is 5. The lowest BCUT2D eigenvalue weighted by Crippen LogP contribution is -2.25. The number of hydrogen-bond acceptors (Lipinski definition) is 1. The van der Waals surface area contributed by atoms with Gasteiger partial charge in [0.1, 0.15) is 5.82 Å². The van der Waals surface area contributed by atoms with Crippen LogP contribution in [0.5, 0.6) is 0 Å². The second kappa shape index (κ2) is 13.2. The average Bonchev–Trinajstić information content (AvgIpc) is 3.50. The minimum absolute atomic E-state index is 0.0513. The Morgan fingerprint density at radius 2 is 0.955 bits per heavy atom. The molecule has 4 aliphatic carbocycles. The minimum atomic E-state index is -0.0513. The van der Waals surface area contributed by atoms with Crippen molar-refractivity contribution < 1.29 is 4.39 Å². The first kappa shape index (κ1) is 31.0. The maximum atomic E-state index is 14.6. The van der Waals surface area contributed by atoms with Crippen LogP contribution in [0, 0.1) is 55.2 Å². The Labute approximate surface area is 271 Å². The van der Waals surface area contributed by atoms with Crippen molar-refractivity contribution in [2.24, 2.45) is 35.5 Å². The summed E-state index contributed by atoms with van der Waals surface area (Å²) in [4.78, 5) is 1.33. The summed E-state index contributed by atoms with van der Waals surface area (Å²) in [7, 11) is 0. The molecule has 7 rings (SSSR count). The first-order valence-corrected chi connectivity index (χ1v) is 19.5. The summed E-state index contributed by atoms with van der Waals surface area (Å²) in [6.45, 7) is 8.75. The summed E-state index contributed by atoms with van der Waals surface area (Å²) >= 11 is 2.00. The van der Waals surface area contributed by atoms with Gasteiger partial charge in [-0.15, -0.1) is 11.3 Å². The van der Waals surface area contributed by atoms with Crippen LogP contribution in [0.15, 0.2) is 30.3 Å². The molecule has 4 saturated carbocycles. The van der Waals surface area contributed by atoms with Crippen LogP contribution in [0.2, 0.25) is 0 Å². The third-order valence-corrected chi connectivity index (χ3v) is 14.6. The lowest BCUT2D eigenvalue weighted by molar-refractivity contribution is 0.165. The number of aryl methyl sites for hydroxylation is 2. The van der Waals surface area contributed by atoms with Crippen molar-refractivity contribution in [3.8, 4) is 10.4 Å². The Hall–Kier alpha value is -1.67. The number of benzene rings is 2. The maximum absolute atomic E-state index is 14.6. The van der Waals surface area contributed by atoms with Crippen molar-refractivity contribution in [2.45, 2.75) is 142 Å². The van der Waals surface area contributed by atoms with E-state index in [4.69, 9.17) is 0 Å². The average molecular weight is 613 g/mol. The van der Waals surface area contributed by atoms with E-state index in [0.29, 0.717) is 11.8 Å². The largest absolute Gasteiger partial charge is 0.206 e. The standard InChI is InChI=1S/C42H57FS/c1-26-5-9-30(10-6-26)32-13-17-34(18-14-32)37-21-22-38(35-19-15-33(16-20-35)31-11-7-27(2)8-12-31)42-39(37)25-40(44-42)36-23-28(3)41(43)29(4)24-36/h21-27,30-35H,5-20H2,1-4H3. The van der Waals surface area contributed by atoms with Gasteiger partial charge in [-0.05, 0) is 190 Å². The van der Waals surface area contributed by atoms with E-state index in [0.717, 1.165) is 46.6 Å². The van der Waals surface area contributed by atoms with Crippen molar-refractivity contribution in [2.75, 3.05) is 0 Å². The molecule has 0 radical (unpaired) electrons. The van der Waals surface area contributed by atoms with E-state index >= 15 is 0 Å². The molecule has 2 aromatic carbocycles. The highest BCUT2D eigenvalue weighted by Crippen LogP contribution is 2.50. The van der Waals surface area contributed by atoms with Gasteiger partial charge >= 0.3 is 0 Å². The second-order valence-corrected chi connectivity index (χ2v) is 17.3. The van der Waals surface area contributed by atoms with Gasteiger partial charge in [0.25, 0.3) is 0 Å². The summed E-state index contributed by atoms with van der Waals surface area (Å²) in [6.07, 6.45) is 22.8. The van der Waals surface area contributed by atoms with Crippen molar-refractivity contribution >= 4 is 21.4 Å². The van der Waals surface area contributed by atoms with E-state index in [9.17, 15) is 4.39 Å². The van der Waals surface area contributed by atoms with Gasteiger partial charge in [-0.3, -0.25) is 0 Å². The van der Waals surface area contributed by atoms with Crippen molar-refractivity contribution in [3.63, 3.8) is 0 Å². The number of halogens is 1. The fourth-order valence-corrected chi connectivity index (χ4v) is 11.7. The zero-order chi connectivity index (χ0) is 30.4. The Morgan fingerprint density at radius 1 is 0.545 bits per heavy atom. The predicted molar refractivity (Wildman–Crippen MR) is 188 cm³/mol. The Bertz CT molecular complexity index is 1310. The molecule has 4 fully saturated rings. The Morgan fingerprint density at radius 3 is 1.43 bits per heavy atom. The second-order valence-electron chi connectivity index (χ2n) is 16.3. The molecule has 2 heteroatoms. The van der Waals surface area contributed by atoms with Crippen LogP contribution in [0.3, 0.4) is 0 Å². The molecular formula is C42H57FS. The van der Waals surface area contributed by atoms with Gasteiger partial charge in [0.15, 0.2) is 0 Å². The van der Waals surface area contributed by atoms with Crippen LogP contribution < -0.4 is 0 Å². The highest BCUT2D eigenvalue weighted by atomic mass is 32.1. The Balaban J connectivity index is 1.15. The van der Waals surface area contributed by atoms with E-state index in [2.05, 4.69) is 44.2 Å². The third-order valence-electron chi connectivity index (χ3n) is 13.3. The smallest absolute Gasteiger partial charge is 0.129 e. The van der Waals surface area contributed by atoms with Crippen LogP contribution in [-0.2, 0) is 0 Å². The molecule has 238 valence electrons. The molecule has 0 bridgehead atoms. The lowest BCUT2D eigenvalue weighted by atomic mass is 9.67. The lowest BCUT2D eigenvalue weighted by Gasteiger charge is -2.38. The van der Waals surface area contributed by atoms with Crippen molar-refractivity contribution in [3.05, 3.63) is 58.4 Å². The van der Waals surface area contributed by atoms with Gasteiger partial charge in [-0.1, -0.05) is 51.7 Å². The fraction of sp³-hybridized carbons (Fsp3) is 0.667. The maximum Gasteiger partial charge on any atom is 0.129 e. The SMILES string of the molecule is Cc1cc(-c2cc3c(C4CCC(C5CCC(C)CC5)CC4)ccc(C4CCC(C5CCC(C)CC5)CC4)c3s2)cc(C)c1F. The quantitative estimate of drug-likeness (QED) is 0.269. The molecular weight excluding hydrogens is 556 g/mol. The number of fused-ring (bicyclic) bond motifs is 1. The molecule has 0 nitrogen and oxygen atoms in total. The summed E-state index contributed by atoms with van der Waals surface area (Å²) in [6, 6.07) is 11.8. The van der Waals surface area contributed by atoms with Gasteiger partial charge < -0.3 is 0 Å². The molecule has 3 aromatic rings. The molecule has 1 aromatic heterocycles. The van der Waals surface area contributed by atoms with Gasteiger partial charge in [-0.25, -0.2) is 4.39 Å². The van der Waals surface area contributed by atoms with Gasteiger partial charge in [0.05, 0.1) is 0 Å². The summed E-state index contributed by atoms with van der Waals surface area (Å²) in [5.74, 6) is 7.11. The molecule has 0 saturated heterocycles. The van der Waals surface area contributed by atoms with E-state index < -0.39 is 0 Å². The highest BCUT2D eigenvalue weighted by molar-refractivity contribution is 7.22. The molecule has 1 heterocycles. The fourth-order valence-electron chi connectivity index (χ4n) is 10.4. The van der Waals surface area contributed by atoms with Gasteiger partial charge in [0.2, 0.25) is 0 Å². The van der Waals surface area contributed by atoms with Crippen LogP contribution in [0.4, 0.5) is 4.39 Å². The molecule has 0 spiro atoms. The first-order chi connectivity index (χ1) is 21.3. The summed E-state index contributed by atoms with van der Waals surface area (Å²) in [5.41, 5.74) is 5.97. The highest BCUT2D eigenvalue weighted by Gasteiger charge is 2.34. The number of thiophene rings is 1. The van der Waals surface area contributed by atoms with Crippen LogP contribution >= 0.6 is 11.3 Å². The van der Waals surface area contributed by atoms with E-state index in [1.807, 2.05) is 25.2 Å². The zero-order valence-corrected chi connectivity index (χ0v) is 28.9. The van der Waals surface area contributed by atoms with Crippen molar-refractivity contribution in [1.82, 2.24) is 0 Å². The monoisotopic (exact) mass is 612 g/mol. The predicted octanol–water partition coefficient (Wildman–Crippen LogP) is 13.5. The Kier molecular flexibility index (Phi) is 9.30. The first-order valence-electron chi connectivity index (χ1n) is 18.7. The molecule has 0 aliphatic heterocycles. The molecule has 0 unspecified atom stereocenters. The van der Waals surface area contributed by atoms with E-state index in [-0.39, 0.29) is 5.82 Å². The van der Waals surface area contributed by atoms with E-state index in [1.54, 1.807) is 15.8 Å². The minimum Gasteiger partial charge on any atom is -0.206 e. The normalized spacial score (nSPS) is 33.5. The van der Waals surface area contributed by atoms with Crippen LogP contribution in [0.25, 0.3) is 20.5 Å². The molecule has 44 heavy (non-hydrogen) atoms. The molecule has 0 atom stereocenters. The van der Waals surface area contributed by atoms with Crippen molar-refractivity contribution in [1.29, 1.82) is 0 Å². The molecule has 4 aliphatic rings. The van der Waals surface area contributed by atoms with Gasteiger partial charge in [-0.2, -0.15) is 0 Å². The molecule has 0 N–H and O–H groups in total. The number of hydrogen-bond donors (Lipinski definition) is 0. The molecule has 0 amide bonds. The van der Waals surface area contributed by atoms with E-state index in [1.165, 1.54) is 119 Å². The third kappa shape index (κ3) is 6.32. The summed E-state index contributed by atoms with van der Waals surface area (Å²) < 4.78 is 16.2.